The molecule has 1 amide bonds. The molecule has 5 nitrogen and oxygen atoms in total. The molecular weight excluding hydrogens is 359 g/mol. The highest BCUT2D eigenvalue weighted by atomic mass is 35.5. The molecular formula is C15H33Cl3N4O. The number of hydrogen-bond acceptors (Lipinski definition) is 4. The SMILES string of the molecule is CCN1CCN(CCNC(=O)C2(N)CCCCC2)CC1.Cl.Cl.Cl. The van der Waals surface area contributed by atoms with E-state index in [-0.39, 0.29) is 43.1 Å². The van der Waals surface area contributed by atoms with Crippen LogP contribution in [0.1, 0.15) is 39.0 Å². The molecule has 0 bridgehead atoms. The third-order valence-corrected chi connectivity index (χ3v) is 4.82. The number of amides is 1. The van der Waals surface area contributed by atoms with E-state index in [1.165, 1.54) is 6.42 Å². The Morgan fingerprint density at radius 1 is 1.00 bits per heavy atom. The van der Waals surface area contributed by atoms with Crippen molar-refractivity contribution < 1.29 is 4.79 Å². The number of hydrogen-bond donors (Lipinski definition) is 2. The molecule has 1 saturated heterocycles. The zero-order valence-electron chi connectivity index (χ0n) is 14.1. The van der Waals surface area contributed by atoms with Crippen molar-refractivity contribution in [2.45, 2.75) is 44.6 Å². The van der Waals surface area contributed by atoms with Crippen molar-refractivity contribution in [2.24, 2.45) is 5.73 Å². The van der Waals surface area contributed by atoms with Gasteiger partial charge in [-0.25, -0.2) is 0 Å². The topological polar surface area (TPSA) is 61.6 Å². The number of piperazine rings is 1. The summed E-state index contributed by atoms with van der Waals surface area (Å²) in [4.78, 5) is 17.1. The molecule has 0 aromatic carbocycles. The van der Waals surface area contributed by atoms with Gasteiger partial charge in [0.05, 0.1) is 5.54 Å². The van der Waals surface area contributed by atoms with Crippen molar-refractivity contribution in [3.05, 3.63) is 0 Å². The first-order valence-corrected chi connectivity index (χ1v) is 8.16. The number of carbonyl (C=O) groups is 1. The Morgan fingerprint density at radius 3 is 2.04 bits per heavy atom. The van der Waals surface area contributed by atoms with E-state index in [1.54, 1.807) is 0 Å². The number of nitrogens with one attached hydrogen (secondary N) is 1. The van der Waals surface area contributed by atoms with E-state index in [0.29, 0.717) is 0 Å². The van der Waals surface area contributed by atoms with Crippen molar-refractivity contribution >= 4 is 43.1 Å². The second-order valence-electron chi connectivity index (χ2n) is 6.25. The summed E-state index contributed by atoms with van der Waals surface area (Å²) in [6, 6.07) is 0. The van der Waals surface area contributed by atoms with Crippen LogP contribution in [0, 0.1) is 0 Å². The summed E-state index contributed by atoms with van der Waals surface area (Å²) in [6.45, 7) is 9.52. The molecule has 0 spiro atoms. The Balaban J connectivity index is 0. The number of rotatable bonds is 5. The number of nitrogens with zero attached hydrogens (tertiary/aromatic N) is 2. The fraction of sp³-hybridized carbons (Fsp3) is 0.933. The highest BCUT2D eigenvalue weighted by Crippen LogP contribution is 2.25. The van der Waals surface area contributed by atoms with Gasteiger partial charge in [0.15, 0.2) is 0 Å². The van der Waals surface area contributed by atoms with Gasteiger partial charge in [0.1, 0.15) is 0 Å². The van der Waals surface area contributed by atoms with E-state index < -0.39 is 5.54 Å². The van der Waals surface area contributed by atoms with Crippen LogP contribution in [0.2, 0.25) is 0 Å². The average Bonchev–Trinajstić information content (AvgIpc) is 2.48. The summed E-state index contributed by atoms with van der Waals surface area (Å²) in [7, 11) is 0. The standard InChI is InChI=1S/C15H30N4O.3ClH/c1-2-18-10-12-19(13-11-18)9-8-17-14(20)15(16)6-4-3-5-7-15;;;/h2-13,16H2,1H3,(H,17,20);3*1H. The minimum atomic E-state index is -0.598. The van der Waals surface area contributed by atoms with Gasteiger partial charge in [-0.3, -0.25) is 9.69 Å². The molecule has 23 heavy (non-hydrogen) atoms. The van der Waals surface area contributed by atoms with E-state index >= 15 is 0 Å². The van der Waals surface area contributed by atoms with E-state index in [4.69, 9.17) is 5.73 Å². The Kier molecular flexibility index (Phi) is 13.9. The van der Waals surface area contributed by atoms with Crippen molar-refractivity contribution in [1.82, 2.24) is 15.1 Å². The minimum absolute atomic E-state index is 0. The molecule has 1 heterocycles. The Hall–Kier alpha value is 0.220. The van der Waals surface area contributed by atoms with Gasteiger partial charge in [-0.2, -0.15) is 0 Å². The van der Waals surface area contributed by atoms with E-state index in [2.05, 4.69) is 22.0 Å². The van der Waals surface area contributed by atoms with Gasteiger partial charge in [0.25, 0.3) is 0 Å². The molecule has 1 aliphatic heterocycles. The van der Waals surface area contributed by atoms with Crippen molar-refractivity contribution in [3.63, 3.8) is 0 Å². The second-order valence-corrected chi connectivity index (χ2v) is 6.25. The Morgan fingerprint density at radius 2 is 1.52 bits per heavy atom. The van der Waals surface area contributed by atoms with Gasteiger partial charge in [0, 0.05) is 39.3 Å². The number of halogens is 3. The highest BCUT2D eigenvalue weighted by Gasteiger charge is 2.34. The largest absolute Gasteiger partial charge is 0.353 e. The van der Waals surface area contributed by atoms with Crippen LogP contribution in [0.25, 0.3) is 0 Å². The van der Waals surface area contributed by atoms with Crippen molar-refractivity contribution in [1.29, 1.82) is 0 Å². The van der Waals surface area contributed by atoms with Crippen LogP contribution in [-0.4, -0.2) is 67.1 Å². The minimum Gasteiger partial charge on any atom is -0.353 e. The molecule has 1 saturated carbocycles. The van der Waals surface area contributed by atoms with Crippen molar-refractivity contribution in [2.75, 3.05) is 45.8 Å². The quantitative estimate of drug-likeness (QED) is 0.748. The maximum absolute atomic E-state index is 12.2. The average molecular weight is 392 g/mol. The lowest BCUT2D eigenvalue weighted by Gasteiger charge is -2.35. The predicted octanol–water partition coefficient (Wildman–Crippen LogP) is 1.67. The molecule has 3 N–H and O–H groups in total. The maximum atomic E-state index is 12.2. The van der Waals surface area contributed by atoms with Crippen LogP contribution in [-0.2, 0) is 4.79 Å². The van der Waals surface area contributed by atoms with Gasteiger partial charge in [-0.05, 0) is 19.4 Å². The lowest BCUT2D eigenvalue weighted by Crippen LogP contribution is -2.56. The van der Waals surface area contributed by atoms with Gasteiger partial charge in [0.2, 0.25) is 5.91 Å². The first-order valence-electron chi connectivity index (χ1n) is 8.16. The first kappa shape index (κ1) is 25.5. The maximum Gasteiger partial charge on any atom is 0.240 e. The fourth-order valence-corrected chi connectivity index (χ4v) is 3.24. The molecule has 0 unspecified atom stereocenters. The third-order valence-electron chi connectivity index (χ3n) is 4.82. The Labute approximate surface area is 159 Å². The van der Waals surface area contributed by atoms with E-state index in [0.717, 1.165) is 71.5 Å². The smallest absolute Gasteiger partial charge is 0.240 e. The molecule has 1 aliphatic carbocycles. The van der Waals surface area contributed by atoms with Crippen LogP contribution in [0.3, 0.4) is 0 Å². The molecule has 0 radical (unpaired) electrons. The second kappa shape index (κ2) is 12.6. The van der Waals surface area contributed by atoms with Gasteiger partial charge in [-0.15, -0.1) is 37.2 Å². The molecule has 0 aromatic heterocycles. The summed E-state index contributed by atoms with van der Waals surface area (Å²) in [5.41, 5.74) is 5.63. The highest BCUT2D eigenvalue weighted by molar-refractivity contribution is 5.86. The van der Waals surface area contributed by atoms with Gasteiger partial charge >= 0.3 is 0 Å². The third kappa shape index (κ3) is 7.76. The van der Waals surface area contributed by atoms with Gasteiger partial charge in [-0.1, -0.05) is 26.2 Å². The fourth-order valence-electron chi connectivity index (χ4n) is 3.24. The number of nitrogens with two attached hydrogens (primary N) is 1. The number of likely N-dealkylation sites (N-methyl/N-ethyl adjacent to an activating group) is 1. The normalized spacial score (nSPS) is 21.3. The predicted molar refractivity (Wildman–Crippen MR) is 103 cm³/mol. The summed E-state index contributed by atoms with van der Waals surface area (Å²) >= 11 is 0. The van der Waals surface area contributed by atoms with Crippen LogP contribution in [0.4, 0.5) is 0 Å². The monoisotopic (exact) mass is 390 g/mol. The lowest BCUT2D eigenvalue weighted by molar-refractivity contribution is -0.127. The van der Waals surface area contributed by atoms with E-state index in [1.807, 2.05) is 0 Å². The van der Waals surface area contributed by atoms with Gasteiger partial charge < -0.3 is 16.0 Å². The molecule has 0 atom stereocenters. The van der Waals surface area contributed by atoms with Crippen LogP contribution >= 0.6 is 37.2 Å². The molecule has 2 rings (SSSR count). The van der Waals surface area contributed by atoms with Crippen LogP contribution in [0.5, 0.6) is 0 Å². The van der Waals surface area contributed by atoms with E-state index in [9.17, 15) is 4.79 Å². The molecule has 0 aromatic rings. The summed E-state index contributed by atoms with van der Waals surface area (Å²) in [5, 5.41) is 3.05. The Bertz CT molecular complexity index is 320. The summed E-state index contributed by atoms with van der Waals surface area (Å²) < 4.78 is 0. The molecule has 140 valence electrons. The first-order chi connectivity index (χ1) is 9.64. The van der Waals surface area contributed by atoms with Crippen LogP contribution in [0.15, 0.2) is 0 Å². The zero-order chi connectivity index (χ0) is 14.4. The lowest BCUT2D eigenvalue weighted by atomic mass is 9.82. The van der Waals surface area contributed by atoms with Crippen LogP contribution < -0.4 is 11.1 Å². The summed E-state index contributed by atoms with van der Waals surface area (Å²) in [6.07, 6.45) is 5.07. The summed E-state index contributed by atoms with van der Waals surface area (Å²) in [5.74, 6) is 0.0596. The van der Waals surface area contributed by atoms with Crippen molar-refractivity contribution in [3.8, 4) is 0 Å². The molecule has 8 heteroatoms. The molecule has 2 aliphatic rings. The number of carbonyl (C=O) groups excluding carboxylic acids is 1. The molecule has 2 fully saturated rings. The zero-order valence-corrected chi connectivity index (χ0v) is 16.5.